The predicted octanol–water partition coefficient (Wildman–Crippen LogP) is 1.75. The topological polar surface area (TPSA) is 95.4 Å². The highest BCUT2D eigenvalue weighted by molar-refractivity contribution is 7.99. The molecule has 3 rings (SSSR count). The van der Waals surface area contributed by atoms with Crippen LogP contribution in [0.25, 0.3) is 5.69 Å². The Morgan fingerprint density at radius 3 is 2.76 bits per heavy atom. The molecule has 106 valence electrons. The Bertz CT molecular complexity index is 741. The number of aromatic nitrogens is 6. The number of nitrogens with two attached hydrogens (primary N) is 1. The average molecular weight is 299 g/mol. The van der Waals surface area contributed by atoms with Gasteiger partial charge in [-0.3, -0.25) is 0 Å². The molecular weight excluding hydrogens is 286 g/mol. The van der Waals surface area contributed by atoms with E-state index < -0.39 is 0 Å². The molecule has 0 spiro atoms. The van der Waals surface area contributed by atoms with Crippen molar-refractivity contribution in [2.24, 2.45) is 0 Å². The Balaban J connectivity index is 1.93. The molecule has 0 atom stereocenters. The summed E-state index contributed by atoms with van der Waals surface area (Å²) in [6, 6.07) is 11.4. The summed E-state index contributed by atoms with van der Waals surface area (Å²) in [6.07, 6.45) is 0.724. The molecule has 7 nitrogen and oxygen atoms in total. The first kappa shape index (κ1) is 13.5. The number of aryl methyl sites for hydroxylation is 1. The van der Waals surface area contributed by atoms with Crippen LogP contribution in [0.4, 0.5) is 5.82 Å². The van der Waals surface area contributed by atoms with E-state index in [1.54, 1.807) is 10.7 Å². The van der Waals surface area contributed by atoms with Crippen molar-refractivity contribution in [2.45, 2.75) is 23.5 Å². The Morgan fingerprint density at radius 2 is 2.00 bits per heavy atom. The van der Waals surface area contributed by atoms with Gasteiger partial charge in [0.15, 0.2) is 0 Å². The highest BCUT2D eigenvalue weighted by atomic mass is 32.2. The van der Waals surface area contributed by atoms with E-state index in [9.17, 15) is 0 Å². The normalized spacial score (nSPS) is 10.7. The van der Waals surface area contributed by atoms with E-state index in [0.717, 1.165) is 17.1 Å². The molecular formula is C13H13N7S. The zero-order valence-electron chi connectivity index (χ0n) is 11.3. The number of tetrazole rings is 1. The number of rotatable bonds is 4. The lowest BCUT2D eigenvalue weighted by Crippen LogP contribution is -2.01. The number of hydrogen-bond donors (Lipinski definition) is 1. The van der Waals surface area contributed by atoms with E-state index in [4.69, 9.17) is 5.73 Å². The molecule has 0 bridgehead atoms. The smallest absolute Gasteiger partial charge is 0.220 e. The van der Waals surface area contributed by atoms with Crippen molar-refractivity contribution in [3.8, 4) is 5.69 Å². The molecule has 0 radical (unpaired) electrons. The minimum absolute atomic E-state index is 0.447. The number of benzene rings is 1. The van der Waals surface area contributed by atoms with Crippen molar-refractivity contribution in [1.82, 2.24) is 30.2 Å². The molecule has 2 aromatic heterocycles. The maximum atomic E-state index is 5.79. The third-order valence-electron chi connectivity index (χ3n) is 2.72. The van der Waals surface area contributed by atoms with Gasteiger partial charge in [0.1, 0.15) is 16.7 Å². The molecule has 2 N–H and O–H groups in total. The van der Waals surface area contributed by atoms with Gasteiger partial charge in [0, 0.05) is 12.5 Å². The fraction of sp³-hybridized carbons (Fsp3) is 0.154. The Kier molecular flexibility index (Phi) is 3.78. The molecule has 2 heterocycles. The number of anilines is 1. The molecule has 0 aliphatic heterocycles. The molecule has 0 fully saturated rings. The molecule has 0 amide bonds. The Labute approximate surface area is 125 Å². The van der Waals surface area contributed by atoms with Gasteiger partial charge in [0.25, 0.3) is 0 Å². The van der Waals surface area contributed by atoms with Crippen LogP contribution in [0, 0.1) is 0 Å². The van der Waals surface area contributed by atoms with E-state index in [0.29, 0.717) is 16.8 Å². The molecule has 8 heteroatoms. The van der Waals surface area contributed by atoms with Crippen LogP contribution in [0.3, 0.4) is 0 Å². The minimum Gasteiger partial charge on any atom is -0.384 e. The van der Waals surface area contributed by atoms with Crippen LogP contribution in [0.2, 0.25) is 0 Å². The highest BCUT2D eigenvalue weighted by Crippen LogP contribution is 2.26. The van der Waals surface area contributed by atoms with Gasteiger partial charge in [-0.25, -0.2) is 9.97 Å². The second-order valence-corrected chi connectivity index (χ2v) is 5.20. The molecule has 3 aromatic rings. The van der Waals surface area contributed by atoms with Crippen LogP contribution in [0.15, 0.2) is 46.6 Å². The van der Waals surface area contributed by atoms with Gasteiger partial charge in [0.2, 0.25) is 5.16 Å². The van der Waals surface area contributed by atoms with Crippen molar-refractivity contribution < 1.29 is 0 Å². The quantitative estimate of drug-likeness (QED) is 0.733. The van der Waals surface area contributed by atoms with Gasteiger partial charge >= 0.3 is 0 Å². The van der Waals surface area contributed by atoms with Crippen LogP contribution in [-0.4, -0.2) is 30.2 Å². The molecule has 0 aliphatic carbocycles. The van der Waals surface area contributed by atoms with Crippen molar-refractivity contribution in [2.75, 3.05) is 5.73 Å². The SMILES string of the molecule is CCc1nc(N)cc(Sc2nnnn2-c2ccccc2)n1. The van der Waals surface area contributed by atoms with E-state index in [-0.39, 0.29) is 0 Å². The lowest BCUT2D eigenvalue weighted by Gasteiger charge is -2.05. The monoisotopic (exact) mass is 299 g/mol. The molecule has 0 aliphatic rings. The fourth-order valence-corrected chi connectivity index (χ4v) is 2.59. The van der Waals surface area contributed by atoms with Gasteiger partial charge < -0.3 is 5.73 Å². The zero-order valence-corrected chi connectivity index (χ0v) is 12.2. The van der Waals surface area contributed by atoms with Crippen LogP contribution in [0.1, 0.15) is 12.7 Å². The standard InChI is InChI=1S/C13H13N7S/c1-2-11-15-10(14)8-12(16-11)21-13-17-18-19-20(13)9-6-4-3-5-7-9/h3-8H,2H2,1H3,(H2,14,15,16). The molecule has 1 aromatic carbocycles. The van der Waals surface area contributed by atoms with E-state index >= 15 is 0 Å². The maximum Gasteiger partial charge on any atom is 0.220 e. The van der Waals surface area contributed by atoms with Crippen molar-refractivity contribution in [3.63, 3.8) is 0 Å². The number of para-hydroxylation sites is 1. The van der Waals surface area contributed by atoms with Crippen LogP contribution >= 0.6 is 11.8 Å². The third kappa shape index (κ3) is 3.00. The first-order valence-electron chi connectivity index (χ1n) is 6.41. The minimum atomic E-state index is 0.447. The fourth-order valence-electron chi connectivity index (χ4n) is 1.77. The lowest BCUT2D eigenvalue weighted by molar-refractivity contribution is 0.755. The molecule has 0 saturated carbocycles. The largest absolute Gasteiger partial charge is 0.384 e. The Morgan fingerprint density at radius 1 is 1.19 bits per heavy atom. The summed E-state index contributed by atoms with van der Waals surface area (Å²) < 4.78 is 1.66. The Hall–Kier alpha value is -2.48. The zero-order chi connectivity index (χ0) is 14.7. The van der Waals surface area contributed by atoms with Crippen molar-refractivity contribution in [3.05, 3.63) is 42.2 Å². The summed E-state index contributed by atoms with van der Waals surface area (Å²) in [4.78, 5) is 8.58. The van der Waals surface area contributed by atoms with Gasteiger partial charge in [-0.1, -0.05) is 25.1 Å². The predicted molar refractivity (Wildman–Crippen MR) is 79.1 cm³/mol. The first-order valence-corrected chi connectivity index (χ1v) is 7.23. The van der Waals surface area contributed by atoms with Gasteiger partial charge in [-0.05, 0) is 34.3 Å². The van der Waals surface area contributed by atoms with Gasteiger partial charge in [-0.2, -0.15) is 4.68 Å². The molecule has 0 saturated heterocycles. The van der Waals surface area contributed by atoms with Gasteiger partial charge in [-0.15, -0.1) is 5.10 Å². The van der Waals surface area contributed by atoms with Crippen molar-refractivity contribution in [1.29, 1.82) is 0 Å². The van der Waals surface area contributed by atoms with Crippen molar-refractivity contribution >= 4 is 17.6 Å². The second kappa shape index (κ2) is 5.88. The molecule has 21 heavy (non-hydrogen) atoms. The summed E-state index contributed by atoms with van der Waals surface area (Å²) in [5, 5.41) is 13.1. The molecule has 0 unspecified atom stereocenters. The average Bonchev–Trinajstić information content (AvgIpc) is 2.95. The van der Waals surface area contributed by atoms with Gasteiger partial charge in [0.05, 0.1) is 5.69 Å². The van der Waals surface area contributed by atoms with E-state index in [1.807, 2.05) is 37.3 Å². The van der Waals surface area contributed by atoms with Crippen LogP contribution in [0.5, 0.6) is 0 Å². The number of nitrogen functional groups attached to an aromatic ring is 1. The first-order chi connectivity index (χ1) is 10.3. The lowest BCUT2D eigenvalue weighted by atomic mass is 10.3. The second-order valence-electron chi connectivity index (χ2n) is 4.21. The maximum absolute atomic E-state index is 5.79. The highest BCUT2D eigenvalue weighted by Gasteiger charge is 2.12. The van der Waals surface area contributed by atoms with Crippen LogP contribution in [-0.2, 0) is 6.42 Å². The summed E-state index contributed by atoms with van der Waals surface area (Å²) in [6.45, 7) is 1.98. The summed E-state index contributed by atoms with van der Waals surface area (Å²) in [5.74, 6) is 1.15. The number of hydrogen-bond acceptors (Lipinski definition) is 7. The summed E-state index contributed by atoms with van der Waals surface area (Å²) in [7, 11) is 0. The summed E-state index contributed by atoms with van der Waals surface area (Å²) >= 11 is 1.36. The van der Waals surface area contributed by atoms with E-state index in [2.05, 4.69) is 25.5 Å². The number of nitrogens with zero attached hydrogens (tertiary/aromatic N) is 6. The van der Waals surface area contributed by atoms with E-state index in [1.165, 1.54) is 11.8 Å². The third-order valence-corrected chi connectivity index (χ3v) is 3.58. The summed E-state index contributed by atoms with van der Waals surface area (Å²) in [5.41, 5.74) is 6.68. The van der Waals surface area contributed by atoms with Crippen LogP contribution < -0.4 is 5.73 Å².